The molecule has 0 aliphatic carbocycles. The molecule has 0 amide bonds. The lowest BCUT2D eigenvalue weighted by Crippen LogP contribution is -2.16. The summed E-state index contributed by atoms with van der Waals surface area (Å²) in [4.78, 5) is 4.42. The maximum atomic E-state index is 12.0. The second-order valence-electron chi connectivity index (χ2n) is 5.70. The smallest absolute Gasteiger partial charge is 0.232 e. The Balaban J connectivity index is 1.97. The molecule has 1 N–H and O–H groups in total. The van der Waals surface area contributed by atoms with E-state index in [1.807, 2.05) is 44.2 Å². The van der Waals surface area contributed by atoms with E-state index in [0.29, 0.717) is 17.8 Å². The minimum Gasteiger partial charge on any atom is -0.282 e. The number of hydrogen-bond donors (Lipinski definition) is 1. The summed E-state index contributed by atoms with van der Waals surface area (Å²) in [7, 11) is -3.34. The van der Waals surface area contributed by atoms with Gasteiger partial charge in [-0.15, -0.1) is 0 Å². The van der Waals surface area contributed by atoms with E-state index < -0.39 is 10.0 Å². The number of anilines is 1. The lowest BCUT2D eigenvalue weighted by atomic mass is 10.2. The van der Waals surface area contributed by atoms with Crippen molar-refractivity contribution in [2.24, 2.45) is 0 Å². The van der Waals surface area contributed by atoms with Crippen molar-refractivity contribution in [2.45, 2.75) is 26.7 Å². The minimum atomic E-state index is -3.34. The number of para-hydroxylation sites is 1. The van der Waals surface area contributed by atoms with E-state index in [1.54, 1.807) is 10.7 Å². The van der Waals surface area contributed by atoms with Crippen molar-refractivity contribution >= 4 is 26.7 Å². The first-order valence-electron chi connectivity index (χ1n) is 7.91. The molecule has 7 heteroatoms. The number of unbranched alkanes of at least 4 members (excludes halogenated alkanes) is 1. The molecule has 0 aliphatic rings. The maximum Gasteiger partial charge on any atom is 0.232 e. The molecule has 0 saturated heterocycles. The number of aryl methyl sites for hydroxylation is 1. The first-order valence-corrected chi connectivity index (χ1v) is 9.56. The number of fused-ring (bicyclic) bond motifs is 1. The molecule has 2 heterocycles. The normalized spacial score (nSPS) is 11.8. The molecule has 0 fully saturated rings. The van der Waals surface area contributed by atoms with E-state index in [4.69, 9.17) is 0 Å². The Kier molecular flexibility index (Phi) is 4.53. The van der Waals surface area contributed by atoms with Crippen molar-refractivity contribution in [2.75, 3.05) is 10.5 Å². The van der Waals surface area contributed by atoms with Gasteiger partial charge in [0.2, 0.25) is 10.0 Å². The zero-order valence-corrected chi connectivity index (χ0v) is 14.5. The number of benzene rings is 1. The summed E-state index contributed by atoms with van der Waals surface area (Å²) in [5.74, 6) is 0.115. The van der Waals surface area contributed by atoms with Gasteiger partial charge in [-0.1, -0.05) is 31.5 Å². The molecule has 3 rings (SSSR count). The molecular formula is C17H20N4O2S. The van der Waals surface area contributed by atoms with Crippen molar-refractivity contribution in [1.29, 1.82) is 0 Å². The van der Waals surface area contributed by atoms with Gasteiger partial charge in [-0.2, -0.15) is 5.10 Å². The molecule has 2 aromatic heterocycles. The monoisotopic (exact) mass is 344 g/mol. The SMILES string of the molecule is CCCCS(=O)(=O)Nc1cnc2c(c1)c(C)nn2-c1ccccc1. The van der Waals surface area contributed by atoms with Gasteiger partial charge < -0.3 is 0 Å². The fourth-order valence-corrected chi connectivity index (χ4v) is 3.76. The average Bonchev–Trinajstić information content (AvgIpc) is 2.90. The third-order valence-electron chi connectivity index (χ3n) is 3.75. The number of nitrogens with zero attached hydrogens (tertiary/aromatic N) is 3. The Bertz CT molecular complexity index is 949. The highest BCUT2D eigenvalue weighted by molar-refractivity contribution is 7.92. The van der Waals surface area contributed by atoms with Gasteiger partial charge >= 0.3 is 0 Å². The fourth-order valence-electron chi connectivity index (χ4n) is 2.51. The van der Waals surface area contributed by atoms with E-state index in [-0.39, 0.29) is 5.75 Å². The highest BCUT2D eigenvalue weighted by Crippen LogP contribution is 2.23. The standard InChI is InChI=1S/C17H20N4O2S/c1-3-4-10-24(22,23)20-14-11-16-13(2)19-21(17(16)18-12-14)15-8-6-5-7-9-15/h5-9,11-12,20H,3-4,10H2,1-2H3. The van der Waals surface area contributed by atoms with Crippen LogP contribution in [0, 0.1) is 6.92 Å². The Morgan fingerprint density at radius 3 is 2.67 bits per heavy atom. The minimum absolute atomic E-state index is 0.115. The van der Waals surface area contributed by atoms with Gasteiger partial charge in [0.1, 0.15) is 0 Å². The summed E-state index contributed by atoms with van der Waals surface area (Å²) in [5.41, 5.74) is 2.89. The van der Waals surface area contributed by atoms with Crippen LogP contribution in [0.1, 0.15) is 25.5 Å². The van der Waals surface area contributed by atoms with Gasteiger partial charge in [0.25, 0.3) is 0 Å². The number of aromatic nitrogens is 3. The fraction of sp³-hybridized carbons (Fsp3) is 0.294. The number of nitrogens with one attached hydrogen (secondary N) is 1. The molecule has 0 radical (unpaired) electrons. The Morgan fingerprint density at radius 1 is 1.21 bits per heavy atom. The van der Waals surface area contributed by atoms with Crippen LogP contribution in [0.4, 0.5) is 5.69 Å². The molecule has 0 unspecified atom stereocenters. The molecular weight excluding hydrogens is 324 g/mol. The third-order valence-corrected chi connectivity index (χ3v) is 5.12. The highest BCUT2D eigenvalue weighted by atomic mass is 32.2. The van der Waals surface area contributed by atoms with Crippen LogP contribution in [-0.4, -0.2) is 28.9 Å². The molecule has 1 aromatic carbocycles. The number of sulfonamides is 1. The largest absolute Gasteiger partial charge is 0.282 e. The number of rotatable bonds is 6. The molecule has 0 bridgehead atoms. The van der Waals surface area contributed by atoms with Crippen molar-refractivity contribution < 1.29 is 8.42 Å². The van der Waals surface area contributed by atoms with Gasteiger partial charge in [0.05, 0.1) is 29.0 Å². The van der Waals surface area contributed by atoms with Crippen LogP contribution >= 0.6 is 0 Å². The molecule has 3 aromatic rings. The maximum absolute atomic E-state index is 12.0. The summed E-state index contributed by atoms with van der Waals surface area (Å²) in [6, 6.07) is 11.5. The summed E-state index contributed by atoms with van der Waals surface area (Å²) in [5, 5.41) is 5.35. The van der Waals surface area contributed by atoms with Crippen molar-refractivity contribution in [3.05, 3.63) is 48.3 Å². The topological polar surface area (TPSA) is 76.9 Å². The summed E-state index contributed by atoms with van der Waals surface area (Å²) in [6.07, 6.45) is 3.00. The molecule has 0 spiro atoms. The average molecular weight is 344 g/mol. The molecule has 0 atom stereocenters. The van der Waals surface area contributed by atoms with Gasteiger partial charge in [0.15, 0.2) is 5.65 Å². The summed E-state index contributed by atoms with van der Waals surface area (Å²) in [6.45, 7) is 3.85. The van der Waals surface area contributed by atoms with Crippen LogP contribution in [0.25, 0.3) is 16.7 Å². The van der Waals surface area contributed by atoms with Crippen LogP contribution in [0.5, 0.6) is 0 Å². The Morgan fingerprint density at radius 2 is 1.96 bits per heavy atom. The zero-order chi connectivity index (χ0) is 17.2. The quantitative estimate of drug-likeness (QED) is 0.744. The van der Waals surface area contributed by atoms with E-state index >= 15 is 0 Å². The predicted molar refractivity (Wildman–Crippen MR) is 95.9 cm³/mol. The molecule has 126 valence electrons. The molecule has 0 saturated carbocycles. The second-order valence-corrected chi connectivity index (χ2v) is 7.54. The first kappa shape index (κ1) is 16.4. The van der Waals surface area contributed by atoms with Crippen LogP contribution < -0.4 is 4.72 Å². The lowest BCUT2D eigenvalue weighted by Gasteiger charge is -2.07. The summed E-state index contributed by atoms with van der Waals surface area (Å²) >= 11 is 0. The highest BCUT2D eigenvalue weighted by Gasteiger charge is 2.14. The van der Waals surface area contributed by atoms with Crippen molar-refractivity contribution in [3.8, 4) is 5.69 Å². The van der Waals surface area contributed by atoms with E-state index in [9.17, 15) is 8.42 Å². The van der Waals surface area contributed by atoms with Crippen molar-refractivity contribution in [1.82, 2.24) is 14.8 Å². The van der Waals surface area contributed by atoms with Crippen LogP contribution in [0.15, 0.2) is 42.6 Å². The van der Waals surface area contributed by atoms with Gasteiger partial charge in [-0.25, -0.2) is 18.1 Å². The second kappa shape index (κ2) is 6.60. The zero-order valence-electron chi connectivity index (χ0n) is 13.7. The number of hydrogen-bond acceptors (Lipinski definition) is 4. The van der Waals surface area contributed by atoms with E-state index in [0.717, 1.165) is 23.2 Å². The van der Waals surface area contributed by atoms with E-state index in [2.05, 4.69) is 14.8 Å². The van der Waals surface area contributed by atoms with Gasteiger partial charge in [-0.3, -0.25) is 4.72 Å². The summed E-state index contributed by atoms with van der Waals surface area (Å²) < 4.78 is 28.5. The Hall–Kier alpha value is -2.41. The van der Waals surface area contributed by atoms with E-state index in [1.165, 1.54) is 6.20 Å². The molecule has 6 nitrogen and oxygen atoms in total. The molecule has 24 heavy (non-hydrogen) atoms. The third kappa shape index (κ3) is 3.41. The first-order chi connectivity index (χ1) is 11.5. The molecule has 0 aliphatic heterocycles. The van der Waals surface area contributed by atoms with Crippen LogP contribution in [-0.2, 0) is 10.0 Å². The Labute approximate surface area is 141 Å². The lowest BCUT2D eigenvalue weighted by molar-refractivity contribution is 0.598. The predicted octanol–water partition coefficient (Wildman–Crippen LogP) is 3.27. The number of pyridine rings is 1. The van der Waals surface area contributed by atoms with Crippen molar-refractivity contribution in [3.63, 3.8) is 0 Å². The van der Waals surface area contributed by atoms with Crippen LogP contribution in [0.2, 0.25) is 0 Å². The van der Waals surface area contributed by atoms with Gasteiger partial charge in [0, 0.05) is 5.39 Å². The van der Waals surface area contributed by atoms with Gasteiger partial charge in [-0.05, 0) is 31.5 Å². The van der Waals surface area contributed by atoms with Crippen LogP contribution in [0.3, 0.4) is 0 Å².